The number of rotatable bonds is 7. The molecule has 218 valence electrons. The highest BCUT2D eigenvalue weighted by Crippen LogP contribution is 2.39. The first-order valence-corrected chi connectivity index (χ1v) is 14.5. The molecular formula is C29H31F3N4O4S. The lowest BCUT2D eigenvalue weighted by Crippen LogP contribution is -2.45. The molecule has 2 aliphatic rings. The van der Waals surface area contributed by atoms with Gasteiger partial charge in [0.25, 0.3) is 5.91 Å². The van der Waals surface area contributed by atoms with Gasteiger partial charge in [-0.05, 0) is 54.8 Å². The van der Waals surface area contributed by atoms with Crippen LogP contribution in [0.15, 0.2) is 67.0 Å². The summed E-state index contributed by atoms with van der Waals surface area (Å²) < 4.78 is 69.2. The van der Waals surface area contributed by atoms with Gasteiger partial charge in [0.05, 0.1) is 12.2 Å². The van der Waals surface area contributed by atoms with Crippen molar-refractivity contribution in [1.29, 1.82) is 0 Å². The van der Waals surface area contributed by atoms with E-state index in [1.165, 1.54) is 18.2 Å². The van der Waals surface area contributed by atoms with Crippen LogP contribution in [0.4, 0.5) is 18.9 Å². The standard InChI is InChI=1S/C29H31F3N4O4S/c1-35(20-10-15-36(16-11-20)21-8-13-33-14-9-21)28(37)19-6-7-26-23(18-19)25(12-17-40-26)34-27(41(38)39)22-4-2-3-5-24(22)29(30,31)32/h2-9,13-14,18,20,25,27,34H,10-12,15-17H2,1H3,(H,38,39). The molecule has 3 aromatic rings. The van der Waals surface area contributed by atoms with Gasteiger partial charge in [-0.2, -0.15) is 13.2 Å². The van der Waals surface area contributed by atoms with E-state index in [9.17, 15) is 26.7 Å². The molecule has 1 fully saturated rings. The summed E-state index contributed by atoms with van der Waals surface area (Å²) in [6, 6.07) is 13.1. The van der Waals surface area contributed by atoms with Crippen LogP contribution in [-0.4, -0.2) is 57.3 Å². The first-order valence-electron chi connectivity index (χ1n) is 13.3. The fourth-order valence-corrected chi connectivity index (χ4v) is 6.26. The number of hydrogen-bond acceptors (Lipinski definition) is 6. The predicted molar refractivity (Wildman–Crippen MR) is 149 cm³/mol. The van der Waals surface area contributed by atoms with Crippen LogP contribution in [0.25, 0.3) is 0 Å². The number of alkyl halides is 3. The van der Waals surface area contributed by atoms with E-state index in [1.54, 1.807) is 42.5 Å². The van der Waals surface area contributed by atoms with Crippen LogP contribution in [0.3, 0.4) is 0 Å². The Balaban J connectivity index is 1.33. The third kappa shape index (κ3) is 6.39. The Morgan fingerprint density at radius 1 is 1.12 bits per heavy atom. The van der Waals surface area contributed by atoms with Crippen LogP contribution in [-0.2, 0) is 17.3 Å². The fraction of sp³-hybridized carbons (Fsp3) is 0.379. The van der Waals surface area contributed by atoms with Crippen molar-refractivity contribution in [2.75, 3.05) is 31.6 Å². The van der Waals surface area contributed by atoms with Crippen LogP contribution in [0.1, 0.15) is 57.7 Å². The Bertz CT molecular complexity index is 1400. The highest BCUT2D eigenvalue weighted by Gasteiger charge is 2.38. The van der Waals surface area contributed by atoms with Gasteiger partial charge in [-0.15, -0.1) is 0 Å². The molecule has 2 aromatic carbocycles. The molecule has 2 N–H and O–H groups in total. The van der Waals surface area contributed by atoms with E-state index in [4.69, 9.17) is 4.74 Å². The van der Waals surface area contributed by atoms with Gasteiger partial charge in [-0.25, -0.2) is 4.21 Å². The lowest BCUT2D eigenvalue weighted by molar-refractivity contribution is -0.138. The summed E-state index contributed by atoms with van der Waals surface area (Å²) in [6.45, 7) is 1.87. The lowest BCUT2D eigenvalue weighted by Gasteiger charge is -2.38. The van der Waals surface area contributed by atoms with Gasteiger partial charge < -0.3 is 19.1 Å². The summed E-state index contributed by atoms with van der Waals surface area (Å²) in [7, 11) is 1.78. The molecule has 1 aromatic heterocycles. The summed E-state index contributed by atoms with van der Waals surface area (Å²) in [5.74, 6) is 0.300. The van der Waals surface area contributed by atoms with Crippen LogP contribution in [0.5, 0.6) is 5.75 Å². The smallest absolute Gasteiger partial charge is 0.416 e. The lowest BCUT2D eigenvalue weighted by atomic mass is 9.96. The quantitative estimate of drug-likeness (QED) is 0.368. The Morgan fingerprint density at radius 2 is 1.83 bits per heavy atom. The second-order valence-electron chi connectivity index (χ2n) is 10.2. The van der Waals surface area contributed by atoms with Gasteiger partial charge in [-0.1, -0.05) is 18.2 Å². The molecule has 0 bridgehead atoms. The number of pyridine rings is 1. The molecule has 8 nitrogen and oxygen atoms in total. The first kappa shape index (κ1) is 29.0. The molecule has 12 heteroatoms. The largest absolute Gasteiger partial charge is 0.493 e. The van der Waals surface area contributed by atoms with Crippen molar-refractivity contribution in [2.24, 2.45) is 0 Å². The maximum Gasteiger partial charge on any atom is 0.416 e. The molecular weight excluding hydrogens is 557 g/mol. The van der Waals surface area contributed by atoms with Gasteiger partial charge >= 0.3 is 6.18 Å². The SMILES string of the molecule is CN(C(=O)c1ccc2c(c1)C(NC(c1ccccc1C(F)(F)F)S(=O)O)CCO2)C1CCN(c2ccncc2)CC1. The molecule has 0 aliphatic carbocycles. The Hall–Kier alpha value is -3.48. The topological polar surface area (TPSA) is 95.0 Å². The number of benzene rings is 2. The molecule has 2 aliphatic heterocycles. The Morgan fingerprint density at radius 3 is 2.51 bits per heavy atom. The average Bonchev–Trinajstić information content (AvgIpc) is 2.99. The van der Waals surface area contributed by atoms with E-state index in [0.29, 0.717) is 23.3 Å². The molecule has 1 amide bonds. The maximum absolute atomic E-state index is 13.7. The highest BCUT2D eigenvalue weighted by molar-refractivity contribution is 7.79. The zero-order valence-corrected chi connectivity index (χ0v) is 23.2. The number of nitrogens with zero attached hydrogens (tertiary/aromatic N) is 3. The summed E-state index contributed by atoms with van der Waals surface area (Å²) in [4.78, 5) is 21.6. The number of amides is 1. The van der Waals surface area contributed by atoms with E-state index in [-0.39, 0.29) is 24.1 Å². The van der Waals surface area contributed by atoms with Crippen LogP contribution in [0, 0.1) is 0 Å². The van der Waals surface area contributed by atoms with Crippen LogP contribution in [0.2, 0.25) is 0 Å². The average molecular weight is 589 g/mol. The second-order valence-corrected chi connectivity index (χ2v) is 11.2. The normalized spacial score (nSPS) is 19.1. The first-order chi connectivity index (χ1) is 19.6. The summed E-state index contributed by atoms with van der Waals surface area (Å²) >= 11 is -2.65. The van der Waals surface area contributed by atoms with Crippen LogP contribution < -0.4 is 15.0 Å². The number of hydrogen-bond donors (Lipinski definition) is 2. The predicted octanol–water partition coefficient (Wildman–Crippen LogP) is 5.18. The maximum atomic E-state index is 13.7. The molecule has 5 rings (SSSR count). The minimum atomic E-state index is -4.69. The zero-order valence-electron chi connectivity index (χ0n) is 22.4. The summed E-state index contributed by atoms with van der Waals surface area (Å²) in [5, 5.41) is 1.45. The summed E-state index contributed by atoms with van der Waals surface area (Å²) in [5.41, 5.74) is 0.771. The van der Waals surface area contributed by atoms with Crippen molar-refractivity contribution in [3.05, 3.63) is 89.2 Å². The van der Waals surface area contributed by atoms with Gasteiger partial charge in [0.2, 0.25) is 0 Å². The molecule has 1 saturated heterocycles. The van der Waals surface area contributed by atoms with Crippen molar-refractivity contribution >= 4 is 22.7 Å². The van der Waals surface area contributed by atoms with Crippen LogP contribution >= 0.6 is 0 Å². The van der Waals surface area contributed by atoms with E-state index in [1.807, 2.05) is 12.1 Å². The number of anilines is 1. The van der Waals surface area contributed by atoms with Gasteiger partial charge in [0, 0.05) is 67.8 Å². The third-order valence-corrected chi connectivity index (χ3v) is 8.55. The molecule has 3 heterocycles. The number of carbonyl (C=O) groups excluding carboxylic acids is 1. The third-order valence-electron chi connectivity index (χ3n) is 7.76. The van der Waals surface area contributed by atoms with Crippen molar-refractivity contribution in [1.82, 2.24) is 15.2 Å². The highest BCUT2D eigenvalue weighted by atomic mass is 32.2. The number of halogens is 3. The molecule has 0 radical (unpaired) electrons. The van der Waals surface area contributed by atoms with Crippen molar-refractivity contribution < 1.29 is 31.5 Å². The van der Waals surface area contributed by atoms with E-state index in [0.717, 1.165) is 37.7 Å². The van der Waals surface area contributed by atoms with E-state index < -0.39 is 34.2 Å². The Labute approximate surface area is 238 Å². The van der Waals surface area contributed by atoms with Gasteiger partial charge in [0.1, 0.15) is 11.1 Å². The minimum Gasteiger partial charge on any atom is -0.493 e. The van der Waals surface area contributed by atoms with Crippen molar-refractivity contribution in [3.8, 4) is 5.75 Å². The van der Waals surface area contributed by atoms with Crippen molar-refractivity contribution in [3.63, 3.8) is 0 Å². The molecule has 0 saturated carbocycles. The van der Waals surface area contributed by atoms with E-state index in [2.05, 4.69) is 15.2 Å². The number of carbonyl (C=O) groups is 1. The fourth-order valence-electron chi connectivity index (χ4n) is 5.56. The summed E-state index contributed by atoms with van der Waals surface area (Å²) in [6.07, 6.45) is 0.762. The number of nitrogens with one attached hydrogen (secondary N) is 1. The van der Waals surface area contributed by atoms with Gasteiger partial charge in [0.15, 0.2) is 11.1 Å². The molecule has 3 atom stereocenters. The molecule has 0 spiro atoms. The number of aromatic nitrogens is 1. The molecule has 41 heavy (non-hydrogen) atoms. The number of piperidine rings is 1. The van der Waals surface area contributed by atoms with Crippen molar-refractivity contribution in [2.45, 2.75) is 42.9 Å². The monoisotopic (exact) mass is 588 g/mol. The second kappa shape index (κ2) is 12.2. The number of ether oxygens (including phenoxy) is 1. The molecule has 3 unspecified atom stereocenters. The van der Waals surface area contributed by atoms with Gasteiger partial charge in [-0.3, -0.25) is 15.1 Å². The Kier molecular flexibility index (Phi) is 8.62. The number of fused-ring (bicyclic) bond motifs is 1. The minimum absolute atomic E-state index is 0.0434. The zero-order chi connectivity index (χ0) is 29.1. The van der Waals surface area contributed by atoms with E-state index >= 15 is 0 Å².